The van der Waals surface area contributed by atoms with Crippen LogP contribution in [0.4, 0.5) is 4.79 Å². The third-order valence-corrected chi connectivity index (χ3v) is 8.16. The first-order valence-electron chi connectivity index (χ1n) is 10.7. The third kappa shape index (κ3) is 3.21. The van der Waals surface area contributed by atoms with Crippen molar-refractivity contribution in [3.05, 3.63) is 41.2 Å². The van der Waals surface area contributed by atoms with Crippen molar-refractivity contribution in [3.63, 3.8) is 0 Å². The molecule has 0 aromatic rings. The van der Waals surface area contributed by atoms with E-state index in [1.54, 1.807) is 0 Å². The van der Waals surface area contributed by atoms with Crippen molar-refractivity contribution in [2.45, 2.75) is 63.9 Å². The zero-order valence-electron chi connectivity index (χ0n) is 17.1. The van der Waals surface area contributed by atoms with E-state index in [1.165, 1.54) is 16.7 Å². The summed E-state index contributed by atoms with van der Waals surface area (Å²) in [5, 5.41) is 20.4. The molecule has 0 bridgehead atoms. The van der Waals surface area contributed by atoms with Crippen LogP contribution in [-0.4, -0.2) is 34.4 Å². The summed E-state index contributed by atoms with van der Waals surface area (Å²) in [6.07, 6.45) is 8.63. The van der Waals surface area contributed by atoms with Crippen molar-refractivity contribution in [2.75, 3.05) is 6.61 Å². The Hall–Kier alpha value is -2.10. The topological polar surface area (TPSA) is 83.8 Å². The third-order valence-electron chi connectivity index (χ3n) is 8.16. The fourth-order valence-electron chi connectivity index (χ4n) is 6.83. The maximum atomic E-state index is 11.9. The lowest BCUT2D eigenvalue weighted by atomic mass is 9.51. The summed E-state index contributed by atoms with van der Waals surface area (Å²) in [7, 11) is 0. The van der Waals surface area contributed by atoms with Gasteiger partial charge >= 0.3 is 6.16 Å². The Morgan fingerprint density at radius 3 is 2.90 bits per heavy atom. The number of rotatable bonds is 4. The molecule has 0 heterocycles. The average molecular weight is 398 g/mol. The highest BCUT2D eigenvalue weighted by Crippen LogP contribution is 2.65. The number of carbonyl (C=O) groups excluding carboxylic acids is 1. The fourth-order valence-corrected chi connectivity index (χ4v) is 6.83. The summed E-state index contributed by atoms with van der Waals surface area (Å²) in [5.41, 5.74) is 5.75. The molecule has 29 heavy (non-hydrogen) atoms. The van der Waals surface area contributed by atoms with Crippen LogP contribution in [0.1, 0.15) is 58.3 Å². The molecule has 4 rings (SSSR count). The first-order valence-corrected chi connectivity index (χ1v) is 10.7. The maximum absolute atomic E-state index is 11.9. The van der Waals surface area contributed by atoms with Gasteiger partial charge in [-0.1, -0.05) is 19.1 Å². The zero-order valence-corrected chi connectivity index (χ0v) is 17.1. The summed E-state index contributed by atoms with van der Waals surface area (Å²) >= 11 is 0. The number of hydrogen-bond donors (Lipinski definition) is 2. The highest BCUT2D eigenvalue weighted by atomic mass is 16.7. The predicted molar refractivity (Wildman–Crippen MR) is 108 cm³/mol. The van der Waals surface area contributed by atoms with E-state index in [4.69, 9.17) is 9.84 Å². The van der Waals surface area contributed by atoms with E-state index in [1.807, 2.05) is 12.2 Å². The Labute approximate surface area is 171 Å². The van der Waals surface area contributed by atoms with E-state index >= 15 is 0 Å². The zero-order chi connectivity index (χ0) is 20.8. The lowest BCUT2D eigenvalue weighted by Crippen LogP contribution is -2.52. The molecule has 2 N–H and O–H groups in total. The minimum absolute atomic E-state index is 0.0176. The molecule has 0 spiro atoms. The molecule has 5 atom stereocenters. The number of hydrogen-bond acceptors (Lipinski definition) is 4. The average Bonchev–Trinajstić information content (AvgIpc) is 2.92. The molecule has 0 unspecified atom stereocenters. The normalized spacial score (nSPS) is 38.3. The molecule has 0 radical (unpaired) electrons. The number of allylic oxidation sites excluding steroid dienone is 5. The minimum atomic E-state index is -1.30. The van der Waals surface area contributed by atoms with Crippen molar-refractivity contribution >= 4 is 11.9 Å². The molecular weight excluding hydrogens is 368 g/mol. The molecule has 0 aliphatic heterocycles. The van der Waals surface area contributed by atoms with Crippen LogP contribution in [-0.2, 0) is 9.53 Å². The van der Waals surface area contributed by atoms with E-state index in [2.05, 4.69) is 19.2 Å². The van der Waals surface area contributed by atoms with Gasteiger partial charge in [0, 0.05) is 24.2 Å². The standard InChI is InChI=1S/C24H30O5/c1-3-4-16-14-23(2)20(9-10-24(23,28)11-12-29-22(26)27)19-7-5-15-13-17(25)6-8-18(15)21(16)19/h4,13,16,19-20,28H,1,5-12,14H2,2H3,(H,26,27)/t16-,19-,20-,23-,24+/m0/s1. The van der Waals surface area contributed by atoms with E-state index in [-0.39, 0.29) is 23.7 Å². The first-order chi connectivity index (χ1) is 13.8. The largest absolute Gasteiger partial charge is 0.505 e. The summed E-state index contributed by atoms with van der Waals surface area (Å²) in [6, 6.07) is 0. The lowest BCUT2D eigenvalue weighted by molar-refractivity contribution is -0.114. The fraction of sp³-hybridized carbons (Fsp3) is 0.625. The van der Waals surface area contributed by atoms with Gasteiger partial charge in [-0.3, -0.25) is 4.79 Å². The number of carbonyl (C=O) groups is 2. The van der Waals surface area contributed by atoms with E-state index < -0.39 is 11.8 Å². The van der Waals surface area contributed by atoms with Gasteiger partial charge in [0.1, 0.15) is 0 Å². The molecule has 156 valence electrons. The smallest absolute Gasteiger partial charge is 0.450 e. The van der Waals surface area contributed by atoms with Crippen LogP contribution in [0.15, 0.2) is 41.2 Å². The van der Waals surface area contributed by atoms with E-state index in [9.17, 15) is 14.7 Å². The number of aliphatic hydroxyl groups is 1. The highest BCUT2D eigenvalue weighted by Gasteiger charge is 2.62. The Bertz CT molecular complexity index is 845. The molecule has 0 saturated heterocycles. The Balaban J connectivity index is 1.71. The molecule has 4 aliphatic rings. The number of carboxylic acid groups (broad SMARTS) is 1. The number of fused-ring (bicyclic) bond motifs is 4. The highest BCUT2D eigenvalue weighted by molar-refractivity contribution is 5.93. The molecule has 0 aromatic heterocycles. The number of ketones is 1. The molecule has 2 saturated carbocycles. The van der Waals surface area contributed by atoms with Crippen LogP contribution in [0.3, 0.4) is 0 Å². The van der Waals surface area contributed by atoms with Crippen LogP contribution in [0.2, 0.25) is 0 Å². The van der Waals surface area contributed by atoms with Gasteiger partial charge in [-0.05, 0) is 73.7 Å². The van der Waals surface area contributed by atoms with Gasteiger partial charge in [0.25, 0.3) is 0 Å². The van der Waals surface area contributed by atoms with E-state index in [0.717, 1.165) is 32.1 Å². The van der Waals surface area contributed by atoms with Crippen molar-refractivity contribution in [2.24, 2.45) is 23.2 Å². The number of ether oxygens (including phenoxy) is 1. The Morgan fingerprint density at radius 1 is 1.38 bits per heavy atom. The lowest BCUT2D eigenvalue weighted by Gasteiger charge is -2.54. The van der Waals surface area contributed by atoms with Crippen molar-refractivity contribution in [1.29, 1.82) is 0 Å². The van der Waals surface area contributed by atoms with Crippen molar-refractivity contribution in [1.82, 2.24) is 0 Å². The Kier molecular flexibility index (Phi) is 5.08. The minimum Gasteiger partial charge on any atom is -0.450 e. The quantitative estimate of drug-likeness (QED) is 0.535. The van der Waals surface area contributed by atoms with Gasteiger partial charge in [-0.2, -0.15) is 0 Å². The molecular formula is C24H30O5. The van der Waals surface area contributed by atoms with Gasteiger partial charge in [0.15, 0.2) is 5.78 Å². The van der Waals surface area contributed by atoms with Gasteiger partial charge in [-0.25, -0.2) is 4.79 Å². The van der Waals surface area contributed by atoms with Crippen LogP contribution >= 0.6 is 0 Å². The second-order valence-corrected chi connectivity index (χ2v) is 9.35. The van der Waals surface area contributed by atoms with Gasteiger partial charge in [-0.15, -0.1) is 5.73 Å². The molecule has 4 aliphatic carbocycles. The Morgan fingerprint density at radius 2 is 2.17 bits per heavy atom. The monoisotopic (exact) mass is 398 g/mol. The van der Waals surface area contributed by atoms with Crippen molar-refractivity contribution < 1.29 is 24.5 Å². The van der Waals surface area contributed by atoms with Crippen molar-refractivity contribution in [3.8, 4) is 0 Å². The maximum Gasteiger partial charge on any atom is 0.505 e. The first kappa shape index (κ1) is 20.2. The van der Waals surface area contributed by atoms with Crippen LogP contribution in [0.5, 0.6) is 0 Å². The second kappa shape index (κ2) is 7.30. The predicted octanol–water partition coefficient (Wildman–Crippen LogP) is 4.58. The second-order valence-electron chi connectivity index (χ2n) is 9.35. The SMILES string of the molecule is C=C=C[C@H]1C[C@@]2(C)[C@@H](CC[C@@]2(O)CCOC(=O)O)[C@@H]2CCC3=CC(=O)CCC3=C21. The summed E-state index contributed by atoms with van der Waals surface area (Å²) < 4.78 is 4.73. The molecule has 0 amide bonds. The van der Waals surface area contributed by atoms with E-state index in [0.29, 0.717) is 31.1 Å². The van der Waals surface area contributed by atoms with Crippen LogP contribution < -0.4 is 0 Å². The molecule has 2 fully saturated rings. The van der Waals surface area contributed by atoms with Crippen LogP contribution in [0, 0.1) is 23.2 Å². The van der Waals surface area contributed by atoms with Gasteiger partial charge in [0.05, 0.1) is 12.2 Å². The molecule has 5 nitrogen and oxygen atoms in total. The molecule has 5 heteroatoms. The summed E-state index contributed by atoms with van der Waals surface area (Å²) in [5.74, 6) is 1.12. The summed E-state index contributed by atoms with van der Waals surface area (Å²) in [4.78, 5) is 22.7. The van der Waals surface area contributed by atoms with Gasteiger partial charge < -0.3 is 14.9 Å². The summed E-state index contributed by atoms with van der Waals surface area (Å²) in [6.45, 7) is 5.99. The van der Waals surface area contributed by atoms with Gasteiger partial charge in [0.2, 0.25) is 0 Å². The molecule has 0 aromatic carbocycles. The van der Waals surface area contributed by atoms with Crippen LogP contribution in [0.25, 0.3) is 0 Å².